The molecule has 1 aliphatic carbocycles. The molecule has 2 aromatic rings. The summed E-state index contributed by atoms with van der Waals surface area (Å²) in [5, 5.41) is 0. The molecular formula is C19H18F6N2O3S. The predicted molar refractivity (Wildman–Crippen MR) is 97.7 cm³/mol. The van der Waals surface area contributed by atoms with E-state index >= 15 is 0 Å². The number of nitrogens with one attached hydrogen (secondary N) is 1. The summed E-state index contributed by atoms with van der Waals surface area (Å²) in [6.07, 6.45) is -7.35. The molecule has 31 heavy (non-hydrogen) atoms. The van der Waals surface area contributed by atoms with Gasteiger partial charge in [-0.2, -0.15) is 26.3 Å². The first-order valence-corrected chi connectivity index (χ1v) is 10.7. The first-order chi connectivity index (χ1) is 14.3. The van der Waals surface area contributed by atoms with Crippen molar-refractivity contribution in [3.63, 3.8) is 0 Å². The van der Waals surface area contributed by atoms with Crippen molar-refractivity contribution in [2.45, 2.75) is 55.1 Å². The van der Waals surface area contributed by atoms with Crippen molar-refractivity contribution in [2.75, 3.05) is 0 Å². The zero-order chi connectivity index (χ0) is 22.9. The molecule has 1 aromatic carbocycles. The Morgan fingerprint density at radius 1 is 0.903 bits per heavy atom. The molecule has 0 unspecified atom stereocenters. The van der Waals surface area contributed by atoms with Gasteiger partial charge in [0.2, 0.25) is 15.9 Å². The second kappa shape index (κ2) is 8.65. The SMILES string of the molecule is O=S(=O)(NC1CCC(Oc2ccc(C(F)(F)F)cn2)CC1)c1cccc(C(F)(F)F)c1. The van der Waals surface area contributed by atoms with E-state index in [0.717, 1.165) is 30.3 Å². The number of ether oxygens (including phenoxy) is 1. The Morgan fingerprint density at radius 2 is 1.55 bits per heavy atom. The summed E-state index contributed by atoms with van der Waals surface area (Å²) < 4.78 is 109. The van der Waals surface area contributed by atoms with Gasteiger partial charge >= 0.3 is 12.4 Å². The third-order valence-electron chi connectivity index (χ3n) is 4.82. The second-order valence-corrected chi connectivity index (χ2v) is 8.84. The van der Waals surface area contributed by atoms with Gasteiger partial charge in [0.1, 0.15) is 6.10 Å². The van der Waals surface area contributed by atoms with Crippen LogP contribution in [0, 0.1) is 0 Å². The molecule has 0 bridgehead atoms. The summed E-state index contributed by atoms with van der Waals surface area (Å²) in [5.41, 5.74) is -1.95. The van der Waals surface area contributed by atoms with Crippen LogP contribution in [0.2, 0.25) is 0 Å². The minimum Gasteiger partial charge on any atom is -0.474 e. The molecule has 1 saturated carbocycles. The summed E-state index contributed by atoms with van der Waals surface area (Å²) in [5.74, 6) is 0.0287. The molecule has 1 heterocycles. The van der Waals surface area contributed by atoms with Gasteiger partial charge in [-0.05, 0) is 49.9 Å². The van der Waals surface area contributed by atoms with Crippen LogP contribution in [0.5, 0.6) is 5.88 Å². The first-order valence-electron chi connectivity index (χ1n) is 9.24. The molecule has 0 amide bonds. The Hall–Kier alpha value is -2.34. The number of hydrogen-bond donors (Lipinski definition) is 1. The number of aromatic nitrogens is 1. The molecule has 1 aliphatic rings. The summed E-state index contributed by atoms with van der Waals surface area (Å²) in [6, 6.07) is 4.95. The Balaban J connectivity index is 1.56. The number of nitrogens with zero attached hydrogens (tertiary/aromatic N) is 1. The maximum absolute atomic E-state index is 12.8. The normalized spacial score (nSPS) is 20.5. The number of pyridine rings is 1. The van der Waals surface area contributed by atoms with E-state index in [1.807, 2.05) is 0 Å². The van der Waals surface area contributed by atoms with E-state index in [-0.39, 0.29) is 12.0 Å². The first kappa shape index (κ1) is 23.3. The Kier molecular flexibility index (Phi) is 6.51. The predicted octanol–water partition coefficient (Wildman–Crippen LogP) is 4.79. The molecule has 3 rings (SSSR count). The fourth-order valence-electron chi connectivity index (χ4n) is 3.21. The van der Waals surface area contributed by atoms with Gasteiger partial charge in [0.25, 0.3) is 0 Å². The van der Waals surface area contributed by atoms with E-state index < -0.39 is 44.4 Å². The lowest BCUT2D eigenvalue weighted by Crippen LogP contribution is -2.39. The fourth-order valence-corrected chi connectivity index (χ4v) is 4.56. The van der Waals surface area contributed by atoms with Crippen LogP contribution in [0.25, 0.3) is 0 Å². The van der Waals surface area contributed by atoms with Crippen LogP contribution < -0.4 is 9.46 Å². The van der Waals surface area contributed by atoms with Crippen molar-refractivity contribution in [1.82, 2.24) is 9.71 Å². The number of rotatable bonds is 5. The Labute approximate surface area is 174 Å². The van der Waals surface area contributed by atoms with E-state index in [0.29, 0.717) is 37.9 Å². The van der Waals surface area contributed by atoms with Gasteiger partial charge < -0.3 is 4.74 Å². The van der Waals surface area contributed by atoms with Crippen LogP contribution >= 0.6 is 0 Å². The molecule has 1 aromatic heterocycles. The van der Waals surface area contributed by atoms with Crippen molar-refractivity contribution in [3.05, 3.63) is 53.7 Å². The lowest BCUT2D eigenvalue weighted by atomic mass is 9.94. The van der Waals surface area contributed by atoms with Gasteiger partial charge in [0.05, 0.1) is 16.0 Å². The average Bonchev–Trinajstić information content (AvgIpc) is 2.68. The minimum atomic E-state index is -4.66. The van der Waals surface area contributed by atoms with Gasteiger partial charge in [-0.3, -0.25) is 0 Å². The highest BCUT2D eigenvalue weighted by molar-refractivity contribution is 7.89. The van der Waals surface area contributed by atoms with E-state index in [4.69, 9.17) is 4.74 Å². The molecule has 0 aliphatic heterocycles. The van der Waals surface area contributed by atoms with E-state index in [2.05, 4.69) is 9.71 Å². The van der Waals surface area contributed by atoms with Crippen molar-refractivity contribution < 1.29 is 39.5 Å². The largest absolute Gasteiger partial charge is 0.474 e. The average molecular weight is 468 g/mol. The van der Waals surface area contributed by atoms with Crippen LogP contribution in [-0.2, 0) is 22.4 Å². The molecule has 5 nitrogen and oxygen atoms in total. The van der Waals surface area contributed by atoms with Gasteiger partial charge in [-0.1, -0.05) is 6.07 Å². The lowest BCUT2D eigenvalue weighted by molar-refractivity contribution is -0.138. The van der Waals surface area contributed by atoms with Gasteiger partial charge in [-0.15, -0.1) is 0 Å². The number of alkyl halides is 6. The number of benzene rings is 1. The highest BCUT2D eigenvalue weighted by atomic mass is 32.2. The third-order valence-corrected chi connectivity index (χ3v) is 6.34. The second-order valence-electron chi connectivity index (χ2n) is 7.12. The quantitative estimate of drug-likeness (QED) is 0.641. The highest BCUT2D eigenvalue weighted by Crippen LogP contribution is 2.32. The zero-order valence-electron chi connectivity index (χ0n) is 15.9. The van der Waals surface area contributed by atoms with Crippen molar-refractivity contribution >= 4 is 10.0 Å². The van der Waals surface area contributed by atoms with Crippen LogP contribution in [0.4, 0.5) is 26.3 Å². The van der Waals surface area contributed by atoms with Crippen LogP contribution in [0.15, 0.2) is 47.5 Å². The van der Waals surface area contributed by atoms with Gasteiger partial charge in [-0.25, -0.2) is 18.1 Å². The van der Waals surface area contributed by atoms with Crippen LogP contribution in [0.1, 0.15) is 36.8 Å². The summed E-state index contributed by atoms with van der Waals surface area (Å²) in [6.45, 7) is 0. The summed E-state index contributed by atoms with van der Waals surface area (Å²) in [4.78, 5) is 3.16. The lowest BCUT2D eigenvalue weighted by Gasteiger charge is -2.29. The molecule has 12 heteroatoms. The van der Waals surface area contributed by atoms with Crippen LogP contribution in [-0.4, -0.2) is 25.5 Å². The molecular weight excluding hydrogens is 450 g/mol. The number of hydrogen-bond acceptors (Lipinski definition) is 4. The van der Waals surface area contributed by atoms with Crippen molar-refractivity contribution in [2.24, 2.45) is 0 Å². The molecule has 1 fully saturated rings. The Bertz CT molecular complexity index is 999. The number of sulfonamides is 1. The van der Waals surface area contributed by atoms with E-state index in [1.165, 1.54) is 0 Å². The van der Waals surface area contributed by atoms with Crippen LogP contribution in [0.3, 0.4) is 0 Å². The maximum Gasteiger partial charge on any atom is 0.417 e. The van der Waals surface area contributed by atoms with Gasteiger partial charge in [0, 0.05) is 18.3 Å². The summed E-state index contributed by atoms with van der Waals surface area (Å²) in [7, 11) is -4.15. The van der Waals surface area contributed by atoms with Crippen molar-refractivity contribution in [1.29, 1.82) is 0 Å². The standard InChI is InChI=1S/C19H18F6N2O3S/c20-18(21,22)12-2-1-3-16(10-12)31(28,29)27-14-5-7-15(8-6-14)30-17-9-4-13(11-26-17)19(23,24)25/h1-4,9-11,14-15,27H,5-8H2. The highest BCUT2D eigenvalue weighted by Gasteiger charge is 2.33. The smallest absolute Gasteiger partial charge is 0.417 e. The molecule has 0 spiro atoms. The number of halogens is 6. The minimum absolute atomic E-state index is 0.0287. The summed E-state index contributed by atoms with van der Waals surface area (Å²) >= 11 is 0. The fraction of sp³-hybridized carbons (Fsp3) is 0.421. The van der Waals surface area contributed by atoms with Crippen molar-refractivity contribution in [3.8, 4) is 5.88 Å². The van der Waals surface area contributed by atoms with E-state index in [9.17, 15) is 34.8 Å². The topological polar surface area (TPSA) is 68.3 Å². The maximum atomic E-state index is 12.8. The molecule has 170 valence electrons. The molecule has 1 N–H and O–H groups in total. The molecule has 0 atom stereocenters. The molecule has 0 radical (unpaired) electrons. The third kappa shape index (κ3) is 6.10. The Morgan fingerprint density at radius 3 is 2.10 bits per heavy atom. The van der Waals surface area contributed by atoms with E-state index in [1.54, 1.807) is 0 Å². The van der Waals surface area contributed by atoms with Gasteiger partial charge in [0.15, 0.2) is 0 Å². The monoisotopic (exact) mass is 468 g/mol. The molecule has 0 saturated heterocycles. The zero-order valence-corrected chi connectivity index (χ0v) is 16.7.